The lowest BCUT2D eigenvalue weighted by Crippen LogP contribution is -2.48. The van der Waals surface area contributed by atoms with Crippen molar-refractivity contribution in [2.45, 2.75) is 12.5 Å². The van der Waals surface area contributed by atoms with Gasteiger partial charge in [0.05, 0.1) is 11.1 Å². The second-order valence-electron chi connectivity index (χ2n) is 4.96. The summed E-state index contributed by atoms with van der Waals surface area (Å²) in [4.78, 5) is 37.3. The molecule has 136 valence electrons. The third-order valence-electron chi connectivity index (χ3n) is 3.49. The number of carbonyl (C=O) groups is 3. The number of halogens is 1. The lowest BCUT2D eigenvalue weighted by atomic mass is 10.1. The number of carbonyl (C=O) groups excluding carboxylic acids is 3. The summed E-state index contributed by atoms with van der Waals surface area (Å²) in [5, 5.41) is 8.82. The number of benzene rings is 1. The fourth-order valence-electron chi connectivity index (χ4n) is 2.37. The predicted octanol–water partition coefficient (Wildman–Crippen LogP) is 0.250. The van der Waals surface area contributed by atoms with Crippen molar-refractivity contribution in [1.82, 2.24) is 14.8 Å². The van der Waals surface area contributed by atoms with Gasteiger partial charge in [-0.3, -0.25) is 24.5 Å². The van der Waals surface area contributed by atoms with E-state index in [0.717, 1.165) is 4.90 Å². The van der Waals surface area contributed by atoms with Crippen LogP contribution in [0.15, 0.2) is 24.3 Å². The van der Waals surface area contributed by atoms with Crippen molar-refractivity contribution in [2.75, 3.05) is 6.54 Å². The van der Waals surface area contributed by atoms with Crippen molar-refractivity contribution >= 4 is 58.8 Å². The molecule has 25 heavy (non-hydrogen) atoms. The van der Waals surface area contributed by atoms with Crippen LogP contribution in [0.4, 0.5) is 0 Å². The van der Waals surface area contributed by atoms with E-state index in [1.807, 2.05) is 0 Å². The van der Waals surface area contributed by atoms with E-state index in [0.29, 0.717) is 4.47 Å². The fourth-order valence-corrected chi connectivity index (χ4v) is 5.04. The lowest BCUT2D eigenvalue weighted by Gasteiger charge is -2.25. The highest BCUT2D eigenvalue weighted by molar-refractivity contribution is 14.1. The maximum Gasteiger partial charge on any atom is 0.264 e. The molecule has 1 aromatic rings. The van der Waals surface area contributed by atoms with Crippen molar-refractivity contribution in [3.8, 4) is 0 Å². The molecule has 10 nitrogen and oxygen atoms in total. The Morgan fingerprint density at radius 1 is 1.32 bits per heavy atom. The summed E-state index contributed by atoms with van der Waals surface area (Å²) in [6.07, 6.45) is -0.283. The Labute approximate surface area is 159 Å². The summed E-state index contributed by atoms with van der Waals surface area (Å²) in [6.45, 7) is -0.249. The molecule has 0 radical (unpaired) electrons. The minimum absolute atomic E-state index is 0.233. The summed E-state index contributed by atoms with van der Waals surface area (Å²) in [7, 11) is -2.54. The molecule has 0 bridgehead atoms. The molecule has 0 fully saturated rings. The van der Waals surface area contributed by atoms with Crippen LogP contribution >= 0.6 is 31.4 Å². The average Bonchev–Trinajstić information content (AvgIpc) is 2.81. The first-order valence-electron chi connectivity index (χ1n) is 6.72. The van der Waals surface area contributed by atoms with E-state index >= 15 is 0 Å². The predicted molar refractivity (Wildman–Crippen MR) is 95.7 cm³/mol. The minimum atomic E-state index is -4.04. The number of hydroxylamine groups is 2. The normalized spacial score (nSPS) is 15.4. The van der Waals surface area contributed by atoms with Gasteiger partial charge < -0.3 is 0 Å². The fraction of sp³-hybridized carbons (Fsp3) is 0.250. The summed E-state index contributed by atoms with van der Waals surface area (Å²) in [5.74, 6) is -2.15. The molecule has 0 aromatic heterocycles. The molecule has 1 unspecified atom stereocenters. The molecule has 2 rings (SSSR count). The highest BCUT2D eigenvalue weighted by Crippen LogP contribution is 2.24. The van der Waals surface area contributed by atoms with Crippen molar-refractivity contribution < 1.29 is 31.2 Å². The monoisotopic (exact) mass is 501 g/mol. The molecule has 13 heteroatoms. The van der Waals surface area contributed by atoms with Crippen LogP contribution in [-0.4, -0.2) is 53.3 Å². The smallest absolute Gasteiger partial charge is 0.264 e. The van der Waals surface area contributed by atoms with E-state index in [9.17, 15) is 22.8 Å². The van der Waals surface area contributed by atoms with Gasteiger partial charge >= 0.3 is 0 Å². The van der Waals surface area contributed by atoms with Crippen LogP contribution in [0.3, 0.4) is 0 Å². The van der Waals surface area contributed by atoms with E-state index in [1.54, 1.807) is 12.1 Å². The van der Waals surface area contributed by atoms with Crippen molar-refractivity contribution in [3.63, 3.8) is 0 Å². The van der Waals surface area contributed by atoms with Crippen molar-refractivity contribution in [1.29, 1.82) is 0 Å². The topological polar surface area (TPSA) is 133 Å². The molecule has 1 aliphatic rings. The number of amides is 3. The van der Waals surface area contributed by atoms with Crippen LogP contribution < -0.4 is 5.48 Å². The van der Waals surface area contributed by atoms with Gasteiger partial charge in [-0.25, -0.2) is 17.1 Å². The van der Waals surface area contributed by atoms with E-state index in [2.05, 4.69) is 3.17 Å². The third-order valence-corrected chi connectivity index (χ3v) is 5.64. The Balaban J connectivity index is 2.21. The summed E-state index contributed by atoms with van der Waals surface area (Å²) in [6, 6.07) is 4.74. The van der Waals surface area contributed by atoms with Gasteiger partial charge in [0.1, 0.15) is 29.0 Å². The standard InChI is InChI=1S/C12H13IN3O7PS/c13-23-16(25(21,22)24)9(10(17)14-20)5-6-15-11(18)7-3-1-2-4-8(7)12(15)19/h1-4,9,20H,5-6,24H2,(H,14,17)/t9-/m1/s1. The van der Waals surface area contributed by atoms with E-state index < -0.39 is 33.4 Å². The summed E-state index contributed by atoms with van der Waals surface area (Å²) in [5.41, 5.74) is 1.81. The highest BCUT2D eigenvalue weighted by Gasteiger charge is 2.38. The van der Waals surface area contributed by atoms with E-state index in [4.69, 9.17) is 5.21 Å². The first-order chi connectivity index (χ1) is 11.7. The second kappa shape index (κ2) is 8.01. The SMILES string of the molecule is O=C(NO)[C@@H](CCN1C(=O)c2ccccc2C1=O)N(OI)S(=O)(=O)P. The van der Waals surface area contributed by atoms with Gasteiger partial charge in [0, 0.05) is 15.0 Å². The largest absolute Gasteiger partial charge is 0.289 e. The number of nitrogens with zero attached hydrogens (tertiary/aromatic N) is 2. The molecule has 0 saturated heterocycles. The van der Waals surface area contributed by atoms with Crippen LogP contribution in [0.25, 0.3) is 0 Å². The molecule has 0 saturated carbocycles. The van der Waals surface area contributed by atoms with Crippen LogP contribution in [0, 0.1) is 0 Å². The molecule has 2 N–H and O–H groups in total. The van der Waals surface area contributed by atoms with E-state index in [-0.39, 0.29) is 24.1 Å². The molecule has 1 aliphatic heterocycles. The van der Waals surface area contributed by atoms with Gasteiger partial charge in [-0.05, 0) is 18.6 Å². The molecular weight excluding hydrogens is 488 g/mol. The van der Waals surface area contributed by atoms with Crippen LogP contribution in [0.5, 0.6) is 0 Å². The molecule has 2 atom stereocenters. The zero-order chi connectivity index (χ0) is 18.8. The van der Waals surface area contributed by atoms with Crippen LogP contribution in [0.1, 0.15) is 27.1 Å². The van der Waals surface area contributed by atoms with Gasteiger partial charge in [0.25, 0.3) is 17.7 Å². The lowest BCUT2D eigenvalue weighted by molar-refractivity contribution is -0.138. The number of hydrogen-bond donors (Lipinski definition) is 2. The highest BCUT2D eigenvalue weighted by atomic mass is 127. The van der Waals surface area contributed by atoms with Gasteiger partial charge in [0.15, 0.2) is 0 Å². The third kappa shape index (κ3) is 4.15. The number of fused-ring (bicyclic) bond motifs is 1. The summed E-state index contributed by atoms with van der Waals surface area (Å²) >= 11 is 1.26. The quantitative estimate of drug-likeness (QED) is 0.180. The molecule has 0 aliphatic carbocycles. The molecule has 0 spiro atoms. The van der Waals surface area contributed by atoms with Gasteiger partial charge in [-0.15, -0.1) is 0 Å². The second-order valence-corrected chi connectivity index (χ2v) is 8.53. The maximum absolute atomic E-state index is 12.3. The van der Waals surface area contributed by atoms with Crippen molar-refractivity contribution in [2.24, 2.45) is 0 Å². The molecular formula is C12H13IN3O7PS. The minimum Gasteiger partial charge on any atom is -0.289 e. The van der Waals surface area contributed by atoms with E-state index in [1.165, 1.54) is 49.1 Å². The Morgan fingerprint density at radius 3 is 2.24 bits per heavy atom. The molecule has 1 heterocycles. The van der Waals surface area contributed by atoms with Gasteiger partial charge in [-0.1, -0.05) is 16.6 Å². The summed E-state index contributed by atoms with van der Waals surface area (Å²) < 4.78 is 28.4. The van der Waals surface area contributed by atoms with Gasteiger partial charge in [0.2, 0.25) is 9.64 Å². The first kappa shape index (κ1) is 20.1. The number of hydrogen-bond acceptors (Lipinski definition) is 7. The molecule has 1 aromatic carbocycles. The molecule has 3 amide bonds. The Hall–Kier alpha value is -1.18. The Morgan fingerprint density at radius 2 is 1.84 bits per heavy atom. The maximum atomic E-state index is 12.3. The zero-order valence-electron chi connectivity index (χ0n) is 12.5. The van der Waals surface area contributed by atoms with Gasteiger partial charge in [-0.2, -0.15) is 0 Å². The van der Waals surface area contributed by atoms with Crippen molar-refractivity contribution in [3.05, 3.63) is 35.4 Å². The number of rotatable bonds is 7. The van der Waals surface area contributed by atoms with Crippen LogP contribution in [0.2, 0.25) is 0 Å². The Kier molecular flexibility index (Phi) is 6.45. The number of nitrogens with one attached hydrogen (secondary N) is 1. The Bertz CT molecular complexity index is 784. The zero-order valence-corrected chi connectivity index (χ0v) is 16.6. The van der Waals surface area contributed by atoms with Crippen LogP contribution in [-0.2, 0) is 17.6 Å². The average molecular weight is 501 g/mol. The number of imide groups is 1. The first-order valence-corrected chi connectivity index (χ1v) is 10.5.